The molecule has 6 nitrogen and oxygen atoms in total. The molecule has 0 saturated heterocycles. The molecule has 0 fully saturated rings. The molecule has 3 rings (SSSR count). The first-order chi connectivity index (χ1) is 12.6. The summed E-state index contributed by atoms with van der Waals surface area (Å²) in [6.45, 7) is 2.50. The standard InChI is InChI=1S/C20H21N3O3/c1-14-16(10-7-11-17(14)25-2)21-20-22-19(24)18(26-3)13-23(20)12-15-8-5-4-6-9-15/h4-11,13H,12H2,1-3H3,(H,21,22,24). The van der Waals surface area contributed by atoms with Gasteiger partial charge in [0.05, 0.1) is 27.0 Å². The summed E-state index contributed by atoms with van der Waals surface area (Å²) in [6, 6.07) is 15.6. The van der Waals surface area contributed by atoms with Gasteiger partial charge in [-0.15, -0.1) is 0 Å². The molecule has 0 atom stereocenters. The second-order valence-electron chi connectivity index (χ2n) is 5.81. The van der Waals surface area contributed by atoms with Crippen LogP contribution in [0.3, 0.4) is 0 Å². The van der Waals surface area contributed by atoms with Crippen molar-refractivity contribution in [2.24, 2.45) is 0 Å². The van der Waals surface area contributed by atoms with Crippen LogP contribution in [-0.2, 0) is 6.54 Å². The van der Waals surface area contributed by atoms with E-state index < -0.39 is 5.56 Å². The SMILES string of the molecule is COc1cccc(Nc2nc(=O)c(OC)cn2Cc2ccccc2)c1C. The van der Waals surface area contributed by atoms with E-state index in [0.29, 0.717) is 12.5 Å². The van der Waals surface area contributed by atoms with Crippen molar-refractivity contribution >= 4 is 11.6 Å². The minimum Gasteiger partial charge on any atom is -0.496 e. The summed E-state index contributed by atoms with van der Waals surface area (Å²) in [5.74, 6) is 1.41. The summed E-state index contributed by atoms with van der Waals surface area (Å²) >= 11 is 0. The normalized spacial score (nSPS) is 10.4. The van der Waals surface area contributed by atoms with E-state index in [1.807, 2.05) is 60.0 Å². The van der Waals surface area contributed by atoms with Gasteiger partial charge in [0.2, 0.25) is 11.7 Å². The van der Waals surface area contributed by atoms with Crippen LogP contribution in [0.4, 0.5) is 11.6 Å². The summed E-state index contributed by atoms with van der Waals surface area (Å²) in [4.78, 5) is 16.3. The average Bonchev–Trinajstić information content (AvgIpc) is 2.66. The zero-order chi connectivity index (χ0) is 18.5. The Bertz CT molecular complexity index is 952. The molecule has 1 aromatic heterocycles. The Morgan fingerprint density at radius 3 is 2.42 bits per heavy atom. The molecule has 1 heterocycles. The fourth-order valence-corrected chi connectivity index (χ4v) is 2.71. The van der Waals surface area contributed by atoms with Gasteiger partial charge in [-0.2, -0.15) is 4.98 Å². The highest BCUT2D eigenvalue weighted by Gasteiger charge is 2.12. The Morgan fingerprint density at radius 1 is 1.00 bits per heavy atom. The van der Waals surface area contributed by atoms with Crippen LogP contribution < -0.4 is 20.3 Å². The van der Waals surface area contributed by atoms with Gasteiger partial charge in [-0.3, -0.25) is 4.79 Å². The van der Waals surface area contributed by atoms with Gasteiger partial charge in [-0.25, -0.2) is 0 Å². The summed E-state index contributed by atoms with van der Waals surface area (Å²) < 4.78 is 12.4. The van der Waals surface area contributed by atoms with Crippen LogP contribution >= 0.6 is 0 Å². The molecule has 0 saturated carbocycles. The van der Waals surface area contributed by atoms with E-state index in [9.17, 15) is 4.79 Å². The van der Waals surface area contributed by atoms with E-state index in [2.05, 4.69) is 10.3 Å². The van der Waals surface area contributed by atoms with Gasteiger partial charge in [0.15, 0.2) is 0 Å². The average molecular weight is 351 g/mol. The van der Waals surface area contributed by atoms with Crippen molar-refractivity contribution in [1.29, 1.82) is 0 Å². The van der Waals surface area contributed by atoms with Gasteiger partial charge in [0.1, 0.15) is 5.75 Å². The van der Waals surface area contributed by atoms with Crippen LogP contribution in [0.15, 0.2) is 59.5 Å². The van der Waals surface area contributed by atoms with Crippen LogP contribution in [-0.4, -0.2) is 23.8 Å². The molecule has 3 aromatic rings. The maximum absolute atomic E-state index is 12.2. The van der Waals surface area contributed by atoms with Crippen LogP contribution in [0.1, 0.15) is 11.1 Å². The number of methoxy groups -OCH3 is 2. The van der Waals surface area contributed by atoms with Gasteiger partial charge < -0.3 is 19.4 Å². The number of ether oxygens (including phenoxy) is 2. The Hall–Kier alpha value is -3.28. The highest BCUT2D eigenvalue weighted by Crippen LogP contribution is 2.27. The summed E-state index contributed by atoms with van der Waals surface area (Å²) in [5.41, 5.74) is 2.43. The lowest BCUT2D eigenvalue weighted by atomic mass is 10.2. The Balaban J connectivity index is 2.03. The number of nitrogens with one attached hydrogen (secondary N) is 1. The van der Waals surface area contributed by atoms with Gasteiger partial charge in [-0.05, 0) is 24.6 Å². The molecule has 6 heteroatoms. The topological polar surface area (TPSA) is 65.4 Å². The smallest absolute Gasteiger partial charge is 0.316 e. The molecule has 0 spiro atoms. The maximum Gasteiger partial charge on any atom is 0.316 e. The minimum absolute atomic E-state index is 0.203. The minimum atomic E-state index is -0.417. The van der Waals surface area contributed by atoms with Crippen LogP contribution in [0, 0.1) is 6.92 Å². The van der Waals surface area contributed by atoms with Crippen molar-refractivity contribution in [2.45, 2.75) is 13.5 Å². The van der Waals surface area contributed by atoms with Gasteiger partial charge in [0, 0.05) is 11.3 Å². The third-order valence-corrected chi connectivity index (χ3v) is 4.13. The molecule has 0 unspecified atom stereocenters. The highest BCUT2D eigenvalue weighted by atomic mass is 16.5. The lowest BCUT2D eigenvalue weighted by Gasteiger charge is -2.17. The van der Waals surface area contributed by atoms with Gasteiger partial charge in [0.25, 0.3) is 0 Å². The summed E-state index contributed by atoms with van der Waals surface area (Å²) in [7, 11) is 3.09. The number of hydrogen-bond acceptors (Lipinski definition) is 5. The summed E-state index contributed by atoms with van der Waals surface area (Å²) in [5, 5.41) is 3.24. The zero-order valence-electron chi connectivity index (χ0n) is 15.0. The van der Waals surface area contributed by atoms with E-state index in [1.165, 1.54) is 7.11 Å². The van der Waals surface area contributed by atoms with Crippen LogP contribution in [0.2, 0.25) is 0 Å². The van der Waals surface area contributed by atoms with Gasteiger partial charge in [-0.1, -0.05) is 36.4 Å². The molecule has 0 aliphatic heterocycles. The van der Waals surface area contributed by atoms with Crippen LogP contribution in [0.25, 0.3) is 0 Å². The first kappa shape index (κ1) is 17.5. The van der Waals surface area contributed by atoms with E-state index >= 15 is 0 Å². The Kier molecular flexibility index (Phi) is 5.22. The molecular formula is C20H21N3O3. The van der Waals surface area contributed by atoms with E-state index in [4.69, 9.17) is 9.47 Å². The van der Waals surface area contributed by atoms with Crippen molar-refractivity contribution in [3.05, 3.63) is 76.2 Å². The van der Waals surface area contributed by atoms with E-state index in [1.54, 1.807) is 13.3 Å². The third kappa shape index (κ3) is 3.69. The molecule has 0 radical (unpaired) electrons. The molecule has 2 aromatic carbocycles. The monoisotopic (exact) mass is 351 g/mol. The fourth-order valence-electron chi connectivity index (χ4n) is 2.71. The quantitative estimate of drug-likeness (QED) is 0.738. The second-order valence-corrected chi connectivity index (χ2v) is 5.81. The summed E-state index contributed by atoms with van der Waals surface area (Å²) in [6.07, 6.45) is 1.67. The largest absolute Gasteiger partial charge is 0.496 e. The van der Waals surface area contributed by atoms with Crippen molar-refractivity contribution in [3.63, 3.8) is 0 Å². The molecule has 0 amide bonds. The highest BCUT2D eigenvalue weighted by molar-refractivity contribution is 5.62. The van der Waals surface area contributed by atoms with Crippen molar-refractivity contribution < 1.29 is 9.47 Å². The molecule has 26 heavy (non-hydrogen) atoms. The lowest BCUT2D eigenvalue weighted by molar-refractivity contribution is 0.402. The maximum atomic E-state index is 12.2. The van der Waals surface area contributed by atoms with E-state index in [-0.39, 0.29) is 5.75 Å². The lowest BCUT2D eigenvalue weighted by Crippen LogP contribution is -2.19. The van der Waals surface area contributed by atoms with Crippen LogP contribution in [0.5, 0.6) is 11.5 Å². The Labute approximate surface area is 152 Å². The number of nitrogens with zero attached hydrogens (tertiary/aromatic N) is 2. The number of rotatable bonds is 6. The van der Waals surface area contributed by atoms with Crippen molar-refractivity contribution in [1.82, 2.24) is 9.55 Å². The fraction of sp³-hybridized carbons (Fsp3) is 0.200. The second kappa shape index (κ2) is 7.74. The number of hydrogen-bond donors (Lipinski definition) is 1. The predicted molar refractivity (Wildman–Crippen MR) is 102 cm³/mol. The molecule has 134 valence electrons. The third-order valence-electron chi connectivity index (χ3n) is 4.13. The number of benzene rings is 2. The van der Waals surface area contributed by atoms with Crippen molar-refractivity contribution in [2.75, 3.05) is 19.5 Å². The van der Waals surface area contributed by atoms with Crippen molar-refractivity contribution in [3.8, 4) is 11.5 Å². The number of anilines is 2. The van der Waals surface area contributed by atoms with Gasteiger partial charge >= 0.3 is 5.56 Å². The molecule has 0 bridgehead atoms. The Morgan fingerprint density at radius 2 is 1.73 bits per heavy atom. The molecule has 0 aliphatic rings. The zero-order valence-corrected chi connectivity index (χ0v) is 15.0. The predicted octanol–water partition coefficient (Wildman–Crippen LogP) is 3.36. The molecule has 0 aliphatic carbocycles. The first-order valence-electron chi connectivity index (χ1n) is 8.22. The van der Waals surface area contributed by atoms with E-state index in [0.717, 1.165) is 22.6 Å². The first-order valence-corrected chi connectivity index (χ1v) is 8.22. The number of aromatic nitrogens is 2. The molecule has 1 N–H and O–H groups in total. The molecular weight excluding hydrogens is 330 g/mol.